The predicted octanol–water partition coefficient (Wildman–Crippen LogP) is 7.18. The molecule has 2 N–H and O–H groups in total. The highest BCUT2D eigenvalue weighted by Crippen LogP contribution is 2.35. The van der Waals surface area contributed by atoms with Gasteiger partial charge in [-0.2, -0.15) is 13.2 Å². The van der Waals surface area contributed by atoms with Crippen LogP contribution < -0.4 is 10.6 Å². The summed E-state index contributed by atoms with van der Waals surface area (Å²) in [7, 11) is 0. The number of nitrogens with zero attached hydrogens (tertiary/aromatic N) is 2. The smallest absolute Gasteiger partial charge is 0.362 e. The van der Waals surface area contributed by atoms with Gasteiger partial charge in [-0.05, 0) is 54.7 Å². The van der Waals surface area contributed by atoms with Crippen molar-refractivity contribution in [2.75, 3.05) is 25.0 Å². The summed E-state index contributed by atoms with van der Waals surface area (Å²) in [6, 6.07) is 11.9. The van der Waals surface area contributed by atoms with Crippen molar-refractivity contribution in [2.45, 2.75) is 45.2 Å². The molecular weight excluding hydrogens is 529 g/mol. The van der Waals surface area contributed by atoms with E-state index in [9.17, 15) is 18.0 Å². The van der Waals surface area contributed by atoms with Crippen LogP contribution in [0.4, 0.5) is 18.9 Å². The third-order valence-corrected chi connectivity index (χ3v) is 8.27. The van der Waals surface area contributed by atoms with E-state index in [1.54, 1.807) is 35.7 Å². The molecule has 1 amide bonds. The number of nitrogens with one attached hydrogen (secondary N) is 2. The molecule has 1 aliphatic rings. The number of thiazole rings is 1. The molecule has 1 saturated heterocycles. The van der Waals surface area contributed by atoms with Crippen molar-refractivity contribution in [1.29, 1.82) is 0 Å². The average Bonchev–Trinajstić information content (AvgIpc) is 3.42. The summed E-state index contributed by atoms with van der Waals surface area (Å²) in [6.45, 7) is 6.91. The second kappa shape index (κ2) is 12.3. The zero-order valence-corrected chi connectivity index (χ0v) is 23.0. The number of hydrogen-bond donors (Lipinski definition) is 2. The molecule has 10 heteroatoms. The Labute approximate surface area is 230 Å². The van der Waals surface area contributed by atoms with E-state index >= 15 is 0 Å². The molecule has 38 heavy (non-hydrogen) atoms. The van der Waals surface area contributed by atoms with Gasteiger partial charge in [-0.25, -0.2) is 4.98 Å². The van der Waals surface area contributed by atoms with Crippen LogP contribution in [0.15, 0.2) is 53.9 Å². The van der Waals surface area contributed by atoms with E-state index in [1.807, 2.05) is 0 Å². The molecule has 1 fully saturated rings. The van der Waals surface area contributed by atoms with Gasteiger partial charge in [-0.15, -0.1) is 11.3 Å². The summed E-state index contributed by atoms with van der Waals surface area (Å²) in [5.41, 5.74) is 0.874. The molecule has 0 aliphatic carbocycles. The van der Waals surface area contributed by atoms with E-state index in [0.29, 0.717) is 28.4 Å². The number of carbonyl (C=O) groups is 1. The lowest BCUT2D eigenvalue weighted by Crippen LogP contribution is -2.45. The van der Waals surface area contributed by atoms with Gasteiger partial charge in [0.05, 0.1) is 10.6 Å². The monoisotopic (exact) mass is 560 g/mol. The molecule has 0 bridgehead atoms. The van der Waals surface area contributed by atoms with Gasteiger partial charge >= 0.3 is 6.18 Å². The number of alkyl halides is 3. The molecule has 1 aliphatic heterocycles. The van der Waals surface area contributed by atoms with E-state index in [2.05, 4.69) is 34.4 Å². The number of anilines is 1. The molecule has 0 saturated carbocycles. The first-order chi connectivity index (χ1) is 18.2. The highest BCUT2D eigenvalue weighted by atomic mass is 32.1. The molecule has 0 radical (unpaired) electrons. The van der Waals surface area contributed by atoms with Crippen LogP contribution in [0.25, 0.3) is 11.1 Å². The average molecular weight is 561 g/mol. The standard InChI is InChI=1S/C28H31F3N4OS2/c1-3-18(2)16-32-27(37)35-13-11-19(12-14-35)26-34-24(17-38-26)25(36)33-23-10-5-4-9-22(23)20-7-6-8-21(15-20)28(29,30)31/h4-10,15,17-19H,3,11-14,16H2,1-2H3,(H,32,37)(H,33,36). The van der Waals surface area contributed by atoms with Crippen LogP contribution in [0, 0.1) is 5.92 Å². The second-order valence-corrected chi connectivity index (χ2v) is 10.9. The van der Waals surface area contributed by atoms with Gasteiger partial charge in [0.1, 0.15) is 5.69 Å². The van der Waals surface area contributed by atoms with Crippen molar-refractivity contribution in [2.24, 2.45) is 5.92 Å². The number of likely N-dealkylation sites (tertiary alicyclic amines) is 1. The predicted molar refractivity (Wildman–Crippen MR) is 151 cm³/mol. The van der Waals surface area contributed by atoms with E-state index in [4.69, 9.17) is 12.2 Å². The number of benzene rings is 2. The number of aromatic nitrogens is 1. The van der Waals surface area contributed by atoms with Gasteiger partial charge < -0.3 is 15.5 Å². The highest BCUT2D eigenvalue weighted by molar-refractivity contribution is 7.80. The van der Waals surface area contributed by atoms with Gasteiger partial charge in [-0.1, -0.05) is 50.6 Å². The van der Waals surface area contributed by atoms with Gasteiger partial charge in [-0.3, -0.25) is 4.79 Å². The number of amides is 1. The summed E-state index contributed by atoms with van der Waals surface area (Å²) >= 11 is 7.02. The number of thiocarbonyl (C=S) groups is 1. The molecule has 3 aromatic rings. The van der Waals surface area contributed by atoms with Crippen molar-refractivity contribution in [1.82, 2.24) is 15.2 Å². The molecule has 1 unspecified atom stereocenters. The maximum Gasteiger partial charge on any atom is 0.416 e. The first kappa shape index (κ1) is 28.0. The quantitative estimate of drug-likeness (QED) is 0.300. The topological polar surface area (TPSA) is 57.3 Å². The zero-order chi connectivity index (χ0) is 27.3. The summed E-state index contributed by atoms with van der Waals surface area (Å²) in [5.74, 6) is 0.440. The third-order valence-electron chi connectivity index (χ3n) is 6.86. The van der Waals surface area contributed by atoms with Crippen LogP contribution in [-0.4, -0.2) is 40.5 Å². The number of carbonyl (C=O) groups excluding carboxylic acids is 1. The Bertz CT molecular complexity index is 1270. The number of piperidine rings is 1. The second-order valence-electron chi connectivity index (χ2n) is 9.61. The number of rotatable bonds is 7. The molecule has 5 nitrogen and oxygen atoms in total. The first-order valence-electron chi connectivity index (χ1n) is 12.7. The van der Waals surface area contributed by atoms with E-state index in [0.717, 1.165) is 61.1 Å². The fourth-order valence-electron chi connectivity index (χ4n) is 4.32. The Hall–Kier alpha value is -2.98. The Kier molecular flexibility index (Phi) is 9.04. The lowest BCUT2D eigenvalue weighted by molar-refractivity contribution is -0.137. The summed E-state index contributed by atoms with van der Waals surface area (Å²) < 4.78 is 39.7. The van der Waals surface area contributed by atoms with Gasteiger partial charge in [0, 0.05) is 42.2 Å². The Morgan fingerprint density at radius 2 is 1.92 bits per heavy atom. The summed E-state index contributed by atoms with van der Waals surface area (Å²) in [6.07, 6.45) is -1.54. The fraction of sp³-hybridized carbons (Fsp3) is 0.393. The minimum atomic E-state index is -4.45. The summed E-state index contributed by atoms with van der Waals surface area (Å²) in [4.78, 5) is 19.8. The van der Waals surface area contributed by atoms with Crippen LogP contribution in [0.2, 0.25) is 0 Å². The number of halogens is 3. The molecule has 1 aromatic heterocycles. The highest BCUT2D eigenvalue weighted by Gasteiger charge is 2.31. The van der Waals surface area contributed by atoms with Crippen molar-refractivity contribution in [3.63, 3.8) is 0 Å². The van der Waals surface area contributed by atoms with E-state index in [1.165, 1.54) is 17.4 Å². The van der Waals surface area contributed by atoms with E-state index < -0.39 is 11.7 Å². The molecular formula is C28H31F3N4OS2. The van der Waals surface area contributed by atoms with Crippen LogP contribution in [0.5, 0.6) is 0 Å². The molecule has 2 heterocycles. The minimum Gasteiger partial charge on any atom is -0.362 e. The molecule has 0 spiro atoms. The maximum absolute atomic E-state index is 13.2. The van der Waals surface area contributed by atoms with Crippen molar-refractivity contribution in [3.8, 4) is 11.1 Å². The van der Waals surface area contributed by atoms with Gasteiger partial charge in [0.2, 0.25) is 0 Å². The Morgan fingerprint density at radius 1 is 1.18 bits per heavy atom. The van der Waals surface area contributed by atoms with Crippen molar-refractivity contribution in [3.05, 3.63) is 70.2 Å². The lowest BCUT2D eigenvalue weighted by Gasteiger charge is -2.33. The fourth-order valence-corrected chi connectivity index (χ4v) is 5.56. The number of hydrogen-bond acceptors (Lipinski definition) is 4. The van der Waals surface area contributed by atoms with Crippen LogP contribution >= 0.6 is 23.6 Å². The molecule has 2 aromatic carbocycles. The third kappa shape index (κ3) is 6.91. The maximum atomic E-state index is 13.2. The first-order valence-corrected chi connectivity index (χ1v) is 14.0. The van der Waals surface area contributed by atoms with Gasteiger partial charge in [0.15, 0.2) is 5.11 Å². The van der Waals surface area contributed by atoms with Gasteiger partial charge in [0.25, 0.3) is 5.91 Å². The zero-order valence-electron chi connectivity index (χ0n) is 21.3. The summed E-state index contributed by atoms with van der Waals surface area (Å²) in [5, 5.41) is 9.65. The number of para-hydroxylation sites is 1. The molecule has 202 valence electrons. The normalized spacial score (nSPS) is 15.2. The Balaban J connectivity index is 1.39. The van der Waals surface area contributed by atoms with Crippen LogP contribution in [0.1, 0.15) is 60.1 Å². The SMILES string of the molecule is CCC(C)CNC(=S)N1CCC(c2nc(C(=O)Nc3ccccc3-c3cccc(C(F)(F)F)c3)cs2)CC1. The Morgan fingerprint density at radius 3 is 2.63 bits per heavy atom. The largest absolute Gasteiger partial charge is 0.416 e. The molecule has 4 rings (SSSR count). The molecule has 1 atom stereocenters. The minimum absolute atomic E-state index is 0.257. The lowest BCUT2D eigenvalue weighted by atomic mass is 9.98. The van der Waals surface area contributed by atoms with Crippen LogP contribution in [0.3, 0.4) is 0 Å². The van der Waals surface area contributed by atoms with Crippen LogP contribution in [-0.2, 0) is 6.18 Å². The van der Waals surface area contributed by atoms with Crippen molar-refractivity contribution >= 4 is 40.3 Å². The van der Waals surface area contributed by atoms with E-state index in [-0.39, 0.29) is 11.8 Å². The van der Waals surface area contributed by atoms with Crippen molar-refractivity contribution < 1.29 is 18.0 Å².